The summed E-state index contributed by atoms with van der Waals surface area (Å²) in [6.07, 6.45) is 2.08. The molecule has 0 fully saturated rings. The molecule has 0 unspecified atom stereocenters. The van der Waals surface area contributed by atoms with Gasteiger partial charge in [0.15, 0.2) is 0 Å². The van der Waals surface area contributed by atoms with Crippen LogP contribution < -0.4 is 0 Å². The minimum absolute atomic E-state index is 0.613. The van der Waals surface area contributed by atoms with Crippen LogP contribution in [0.2, 0.25) is 0 Å². The number of unbranched alkanes of at least 4 members (excludes halogenated alkanes) is 1. The summed E-state index contributed by atoms with van der Waals surface area (Å²) in [5.41, 5.74) is -2.01. The van der Waals surface area contributed by atoms with Crippen molar-refractivity contribution in [1.82, 2.24) is 0 Å². The molecule has 3 N–H and O–H groups in total. The Labute approximate surface area is 107 Å². The standard InChI is InChI=1S/C6H14O2.C4H9BBrO2/c1-5(2,7)6(3,4)8;6-3-1-2-4-8-5-7/h7-8H,1-4H3;7H,1-4H2. The fraction of sp³-hybridized carbons (Fsp3) is 1.00. The van der Waals surface area contributed by atoms with E-state index in [0.29, 0.717) is 6.61 Å². The van der Waals surface area contributed by atoms with Crippen LogP contribution in [0.1, 0.15) is 40.5 Å². The van der Waals surface area contributed by atoms with Crippen LogP contribution in [0.15, 0.2) is 0 Å². The maximum Gasteiger partial charge on any atom is 0.485 e. The van der Waals surface area contributed by atoms with Gasteiger partial charge in [0.1, 0.15) is 0 Å². The van der Waals surface area contributed by atoms with E-state index in [0.717, 1.165) is 25.9 Å². The van der Waals surface area contributed by atoms with Gasteiger partial charge in [0.25, 0.3) is 0 Å². The van der Waals surface area contributed by atoms with Gasteiger partial charge >= 0.3 is 7.69 Å². The number of hydrogen-bond acceptors (Lipinski definition) is 4. The molecule has 0 spiro atoms. The van der Waals surface area contributed by atoms with Crippen LogP contribution >= 0.6 is 15.9 Å². The van der Waals surface area contributed by atoms with Gasteiger partial charge in [0.2, 0.25) is 0 Å². The zero-order valence-corrected chi connectivity index (χ0v) is 12.1. The first-order valence-electron chi connectivity index (χ1n) is 5.25. The van der Waals surface area contributed by atoms with Gasteiger partial charge in [-0.25, -0.2) is 0 Å². The fourth-order valence-corrected chi connectivity index (χ4v) is 0.729. The molecule has 0 rings (SSSR count). The highest BCUT2D eigenvalue weighted by molar-refractivity contribution is 9.09. The normalized spacial score (nSPS) is 11.8. The van der Waals surface area contributed by atoms with E-state index in [2.05, 4.69) is 20.6 Å². The third-order valence-corrected chi connectivity index (χ3v) is 2.78. The van der Waals surface area contributed by atoms with E-state index in [4.69, 9.17) is 15.2 Å². The van der Waals surface area contributed by atoms with Gasteiger partial charge < -0.3 is 19.9 Å². The third kappa shape index (κ3) is 12.5. The summed E-state index contributed by atoms with van der Waals surface area (Å²) in [4.78, 5) is 0. The summed E-state index contributed by atoms with van der Waals surface area (Å²) in [5.74, 6) is 0. The molecule has 0 aliphatic heterocycles. The van der Waals surface area contributed by atoms with Crippen LogP contribution in [0, 0.1) is 0 Å². The Morgan fingerprint density at radius 2 is 1.50 bits per heavy atom. The van der Waals surface area contributed by atoms with Crippen molar-refractivity contribution in [2.45, 2.75) is 51.7 Å². The molecule has 6 heteroatoms. The summed E-state index contributed by atoms with van der Waals surface area (Å²) >= 11 is 3.27. The summed E-state index contributed by atoms with van der Waals surface area (Å²) in [6, 6.07) is 0. The van der Waals surface area contributed by atoms with E-state index >= 15 is 0 Å². The first-order valence-corrected chi connectivity index (χ1v) is 6.37. The number of alkyl halides is 1. The van der Waals surface area contributed by atoms with E-state index in [1.807, 2.05) is 0 Å². The first-order chi connectivity index (χ1) is 7.16. The minimum Gasteiger partial charge on any atom is -0.429 e. The molecule has 0 aromatic rings. The molecule has 1 radical (unpaired) electrons. The van der Waals surface area contributed by atoms with Gasteiger partial charge in [0, 0.05) is 11.9 Å². The third-order valence-electron chi connectivity index (χ3n) is 2.22. The SMILES string of the molecule is CC(C)(O)C(C)(C)O.O[B]OCCCCBr. The second-order valence-corrected chi connectivity index (χ2v) is 5.28. The smallest absolute Gasteiger partial charge is 0.429 e. The predicted molar refractivity (Wildman–Crippen MR) is 69.5 cm³/mol. The molecule has 0 aliphatic rings. The van der Waals surface area contributed by atoms with Gasteiger partial charge in [-0.15, -0.1) is 0 Å². The molecular formula is C10H23BBrO4. The highest BCUT2D eigenvalue weighted by Crippen LogP contribution is 2.19. The summed E-state index contributed by atoms with van der Waals surface area (Å²) in [6.45, 7) is 6.92. The lowest BCUT2D eigenvalue weighted by Crippen LogP contribution is -2.44. The molecule has 97 valence electrons. The Morgan fingerprint density at radius 3 is 1.75 bits per heavy atom. The van der Waals surface area contributed by atoms with Crippen LogP contribution in [-0.4, -0.2) is 46.1 Å². The topological polar surface area (TPSA) is 69.9 Å². The highest BCUT2D eigenvalue weighted by Gasteiger charge is 2.31. The Kier molecular flexibility index (Phi) is 11.0. The number of halogens is 1. The minimum atomic E-state index is -1.01. The van der Waals surface area contributed by atoms with Crippen molar-refractivity contribution in [1.29, 1.82) is 0 Å². The van der Waals surface area contributed by atoms with Crippen molar-refractivity contribution in [3.8, 4) is 0 Å². The van der Waals surface area contributed by atoms with Gasteiger partial charge in [0.05, 0.1) is 11.2 Å². The molecule has 4 nitrogen and oxygen atoms in total. The van der Waals surface area contributed by atoms with Crippen LogP contribution in [0.25, 0.3) is 0 Å². The van der Waals surface area contributed by atoms with Crippen LogP contribution in [0.5, 0.6) is 0 Å². The van der Waals surface area contributed by atoms with Gasteiger partial charge in [-0.2, -0.15) is 0 Å². The molecule has 0 aliphatic carbocycles. The van der Waals surface area contributed by atoms with E-state index in [9.17, 15) is 0 Å². The van der Waals surface area contributed by atoms with Crippen molar-refractivity contribution in [3.05, 3.63) is 0 Å². The van der Waals surface area contributed by atoms with Crippen molar-refractivity contribution in [2.75, 3.05) is 11.9 Å². The lowest BCUT2D eigenvalue weighted by molar-refractivity contribution is -0.107. The molecular weight excluding hydrogens is 275 g/mol. The largest absolute Gasteiger partial charge is 0.485 e. The molecule has 0 aromatic heterocycles. The van der Waals surface area contributed by atoms with E-state index in [1.54, 1.807) is 27.7 Å². The van der Waals surface area contributed by atoms with Crippen LogP contribution in [0.4, 0.5) is 0 Å². The number of aliphatic hydroxyl groups is 2. The number of rotatable bonds is 6. The van der Waals surface area contributed by atoms with Gasteiger partial charge in [-0.05, 0) is 40.5 Å². The molecule has 0 heterocycles. The predicted octanol–water partition coefficient (Wildman–Crippen LogP) is 1.23. The maximum atomic E-state index is 9.10. The van der Waals surface area contributed by atoms with Crippen LogP contribution in [0.3, 0.4) is 0 Å². The van der Waals surface area contributed by atoms with Crippen molar-refractivity contribution >= 4 is 23.6 Å². The average molecular weight is 298 g/mol. The molecule has 0 atom stereocenters. The lowest BCUT2D eigenvalue weighted by atomic mass is 9.90. The Balaban J connectivity index is 0. The zero-order chi connectivity index (χ0) is 13.2. The molecule has 0 saturated carbocycles. The first kappa shape index (κ1) is 18.7. The molecule has 0 bridgehead atoms. The Bertz CT molecular complexity index is 136. The Hall–Kier alpha value is 0.385. The maximum absolute atomic E-state index is 9.10. The van der Waals surface area contributed by atoms with E-state index in [-0.39, 0.29) is 0 Å². The lowest BCUT2D eigenvalue weighted by Gasteiger charge is -2.31. The molecule has 16 heavy (non-hydrogen) atoms. The summed E-state index contributed by atoms with van der Waals surface area (Å²) in [5, 5.41) is 27.2. The van der Waals surface area contributed by atoms with E-state index < -0.39 is 11.2 Å². The zero-order valence-electron chi connectivity index (χ0n) is 10.5. The molecule has 0 amide bonds. The van der Waals surface area contributed by atoms with Gasteiger partial charge in [-0.1, -0.05) is 15.9 Å². The van der Waals surface area contributed by atoms with Crippen molar-refractivity contribution in [2.24, 2.45) is 0 Å². The highest BCUT2D eigenvalue weighted by atomic mass is 79.9. The second-order valence-electron chi connectivity index (χ2n) is 4.49. The monoisotopic (exact) mass is 297 g/mol. The Morgan fingerprint density at radius 1 is 1.06 bits per heavy atom. The second kappa shape index (κ2) is 9.42. The van der Waals surface area contributed by atoms with Crippen molar-refractivity contribution in [3.63, 3.8) is 0 Å². The molecule has 0 aromatic carbocycles. The average Bonchev–Trinajstić information content (AvgIpc) is 2.10. The van der Waals surface area contributed by atoms with Gasteiger partial charge in [-0.3, -0.25) is 0 Å². The quantitative estimate of drug-likeness (QED) is 0.392. The molecule has 0 saturated heterocycles. The van der Waals surface area contributed by atoms with E-state index in [1.165, 1.54) is 0 Å². The fourth-order valence-electron chi connectivity index (χ4n) is 0.333. The van der Waals surface area contributed by atoms with Crippen molar-refractivity contribution < 1.29 is 19.9 Å². The summed E-state index contributed by atoms with van der Waals surface area (Å²) < 4.78 is 4.55. The van der Waals surface area contributed by atoms with Crippen LogP contribution in [-0.2, 0) is 4.65 Å². The summed E-state index contributed by atoms with van der Waals surface area (Å²) in [7, 11) is 0.730. The number of hydrogen-bond donors (Lipinski definition) is 3.